The van der Waals surface area contributed by atoms with E-state index in [-0.39, 0.29) is 17.6 Å². The molecular formula is C29H28N4O2S. The number of benzene rings is 2. The number of carboxylic acid groups (broad SMARTS) is 1. The molecule has 0 radical (unpaired) electrons. The molecule has 36 heavy (non-hydrogen) atoms. The summed E-state index contributed by atoms with van der Waals surface area (Å²) in [6, 6.07) is 21.4. The summed E-state index contributed by atoms with van der Waals surface area (Å²) in [6.07, 6.45) is 1.80. The minimum atomic E-state index is -0.940. The molecule has 2 aromatic carbocycles. The molecule has 2 atom stereocenters. The highest BCUT2D eigenvalue weighted by Crippen LogP contribution is 2.44. The van der Waals surface area contributed by atoms with Crippen molar-refractivity contribution in [3.8, 4) is 5.69 Å². The van der Waals surface area contributed by atoms with E-state index in [0.717, 1.165) is 45.1 Å². The number of nitrogens with zero attached hydrogens (tertiary/aromatic N) is 3. The largest absolute Gasteiger partial charge is 0.478 e. The van der Waals surface area contributed by atoms with Gasteiger partial charge < -0.3 is 19.9 Å². The lowest BCUT2D eigenvalue weighted by Crippen LogP contribution is -2.29. The molecule has 0 saturated carbocycles. The Balaban J connectivity index is 1.70. The predicted octanol–water partition coefficient (Wildman–Crippen LogP) is 5.98. The van der Waals surface area contributed by atoms with Gasteiger partial charge in [0.1, 0.15) is 0 Å². The van der Waals surface area contributed by atoms with Gasteiger partial charge in [0.2, 0.25) is 0 Å². The van der Waals surface area contributed by atoms with E-state index in [0.29, 0.717) is 5.11 Å². The molecule has 3 heterocycles. The molecule has 1 aliphatic heterocycles. The molecule has 1 saturated heterocycles. The molecule has 7 heteroatoms. The van der Waals surface area contributed by atoms with Crippen molar-refractivity contribution in [2.75, 3.05) is 4.90 Å². The van der Waals surface area contributed by atoms with Gasteiger partial charge >= 0.3 is 5.97 Å². The van der Waals surface area contributed by atoms with Crippen molar-refractivity contribution in [2.24, 2.45) is 0 Å². The zero-order valence-electron chi connectivity index (χ0n) is 20.7. The molecule has 1 fully saturated rings. The fraction of sp³-hybridized carbons (Fsp3) is 0.207. The predicted molar refractivity (Wildman–Crippen MR) is 146 cm³/mol. The van der Waals surface area contributed by atoms with E-state index in [1.807, 2.05) is 37.3 Å². The summed E-state index contributed by atoms with van der Waals surface area (Å²) < 4.78 is 2.14. The molecule has 0 bridgehead atoms. The Morgan fingerprint density at radius 3 is 2.50 bits per heavy atom. The number of aromatic carboxylic acids is 1. The van der Waals surface area contributed by atoms with Crippen molar-refractivity contribution in [2.45, 2.75) is 39.8 Å². The van der Waals surface area contributed by atoms with Crippen LogP contribution in [0.4, 0.5) is 5.69 Å². The van der Waals surface area contributed by atoms with E-state index in [1.165, 1.54) is 0 Å². The van der Waals surface area contributed by atoms with Crippen molar-refractivity contribution in [1.82, 2.24) is 14.9 Å². The Morgan fingerprint density at radius 2 is 1.81 bits per heavy atom. The minimum absolute atomic E-state index is 0.142. The summed E-state index contributed by atoms with van der Waals surface area (Å²) >= 11 is 5.88. The van der Waals surface area contributed by atoms with Crippen LogP contribution in [0.5, 0.6) is 0 Å². The van der Waals surface area contributed by atoms with Crippen molar-refractivity contribution >= 4 is 29.0 Å². The summed E-state index contributed by atoms with van der Waals surface area (Å²) in [5.74, 6) is -0.940. The average Bonchev–Trinajstić information content (AvgIpc) is 3.35. The lowest BCUT2D eigenvalue weighted by Gasteiger charge is -2.28. The minimum Gasteiger partial charge on any atom is -0.478 e. The zero-order chi connectivity index (χ0) is 25.6. The standard InChI is InChI=1S/C29H28N4O2S/c1-17-8-7-9-22(14-17)33-27(26(31-29(33)36)24-10-5-6-13-30-24)23-15-19(3)32(20(23)4)25-16-21(28(34)35)12-11-18(25)2/h5-16,26-27H,1-4H3,(H,31,36)(H,34,35)/t26-,27+/m1/s1. The second-order valence-corrected chi connectivity index (χ2v) is 9.69. The molecule has 5 rings (SSSR count). The number of pyridine rings is 1. The molecule has 1 aliphatic rings. The quantitative estimate of drug-likeness (QED) is 0.331. The van der Waals surface area contributed by atoms with Gasteiger partial charge in [-0.1, -0.05) is 24.3 Å². The SMILES string of the molecule is Cc1cccc(N2C(=S)N[C@H](c3ccccn3)[C@@H]2c2cc(C)n(-c3cc(C(=O)O)ccc3C)c2C)c1. The lowest BCUT2D eigenvalue weighted by molar-refractivity contribution is 0.0697. The number of aryl methyl sites for hydroxylation is 3. The van der Waals surface area contributed by atoms with Crippen LogP contribution in [-0.2, 0) is 0 Å². The van der Waals surface area contributed by atoms with Crippen LogP contribution in [0.2, 0.25) is 0 Å². The number of aromatic nitrogens is 2. The third kappa shape index (κ3) is 4.05. The zero-order valence-corrected chi connectivity index (χ0v) is 21.5. The molecular weight excluding hydrogens is 468 g/mol. The van der Waals surface area contributed by atoms with Gasteiger partial charge in [0, 0.05) is 29.0 Å². The molecule has 2 aromatic heterocycles. The fourth-order valence-electron chi connectivity index (χ4n) is 5.17. The van der Waals surface area contributed by atoms with Crippen LogP contribution in [0.3, 0.4) is 0 Å². The third-order valence-electron chi connectivity index (χ3n) is 6.86. The highest BCUT2D eigenvalue weighted by Gasteiger charge is 2.42. The van der Waals surface area contributed by atoms with Crippen LogP contribution in [0.25, 0.3) is 5.69 Å². The second kappa shape index (κ2) is 9.24. The van der Waals surface area contributed by atoms with Gasteiger partial charge in [0.25, 0.3) is 0 Å². The van der Waals surface area contributed by atoms with Crippen LogP contribution in [0, 0.1) is 27.7 Å². The van der Waals surface area contributed by atoms with E-state index in [1.54, 1.807) is 18.3 Å². The van der Waals surface area contributed by atoms with Gasteiger partial charge in [-0.2, -0.15) is 0 Å². The maximum Gasteiger partial charge on any atom is 0.335 e. The first-order valence-electron chi connectivity index (χ1n) is 11.9. The first kappa shape index (κ1) is 23.8. The smallest absolute Gasteiger partial charge is 0.335 e. The van der Waals surface area contributed by atoms with Crippen LogP contribution >= 0.6 is 12.2 Å². The molecule has 6 nitrogen and oxygen atoms in total. The van der Waals surface area contributed by atoms with Crippen molar-refractivity contribution < 1.29 is 9.90 Å². The molecule has 0 spiro atoms. The number of carboxylic acids is 1. The van der Waals surface area contributed by atoms with Gasteiger partial charge in [-0.3, -0.25) is 4.98 Å². The average molecular weight is 497 g/mol. The summed E-state index contributed by atoms with van der Waals surface area (Å²) in [6.45, 7) is 8.21. The van der Waals surface area contributed by atoms with E-state index in [4.69, 9.17) is 12.2 Å². The van der Waals surface area contributed by atoms with Gasteiger partial charge in [0.15, 0.2) is 5.11 Å². The van der Waals surface area contributed by atoms with Gasteiger partial charge in [0.05, 0.1) is 23.3 Å². The fourth-order valence-corrected chi connectivity index (χ4v) is 5.51. The Bertz CT molecular complexity index is 1480. The maximum absolute atomic E-state index is 11.7. The van der Waals surface area contributed by atoms with Gasteiger partial charge in [-0.25, -0.2) is 4.79 Å². The van der Waals surface area contributed by atoms with Crippen molar-refractivity contribution in [1.29, 1.82) is 0 Å². The Morgan fingerprint density at radius 1 is 1.00 bits per heavy atom. The van der Waals surface area contributed by atoms with Crippen LogP contribution in [0.15, 0.2) is 72.9 Å². The van der Waals surface area contributed by atoms with Crippen molar-refractivity contribution in [3.05, 3.63) is 112 Å². The van der Waals surface area contributed by atoms with E-state index < -0.39 is 5.97 Å². The number of rotatable bonds is 5. The Hall–Kier alpha value is -3.97. The Kier molecular flexibility index (Phi) is 6.10. The van der Waals surface area contributed by atoms with E-state index in [2.05, 4.69) is 64.8 Å². The summed E-state index contributed by atoms with van der Waals surface area (Å²) in [5, 5.41) is 13.8. The first-order valence-corrected chi connectivity index (χ1v) is 12.3. The number of hydrogen-bond acceptors (Lipinski definition) is 3. The molecule has 0 aliphatic carbocycles. The number of nitrogens with one attached hydrogen (secondary N) is 1. The van der Waals surface area contributed by atoms with Crippen LogP contribution < -0.4 is 10.2 Å². The maximum atomic E-state index is 11.7. The number of thiocarbonyl (C=S) groups is 1. The molecule has 4 aromatic rings. The molecule has 0 amide bonds. The van der Waals surface area contributed by atoms with Crippen LogP contribution in [-0.4, -0.2) is 25.7 Å². The third-order valence-corrected chi connectivity index (χ3v) is 7.18. The highest BCUT2D eigenvalue weighted by atomic mass is 32.1. The van der Waals surface area contributed by atoms with E-state index in [9.17, 15) is 9.90 Å². The monoisotopic (exact) mass is 496 g/mol. The summed E-state index contributed by atoms with van der Waals surface area (Å²) in [4.78, 5) is 18.5. The lowest BCUT2D eigenvalue weighted by atomic mass is 9.96. The normalized spacial score (nSPS) is 17.3. The number of hydrogen-bond donors (Lipinski definition) is 2. The van der Waals surface area contributed by atoms with E-state index >= 15 is 0 Å². The van der Waals surface area contributed by atoms with Crippen molar-refractivity contribution in [3.63, 3.8) is 0 Å². The topological polar surface area (TPSA) is 70.4 Å². The molecule has 2 N–H and O–H groups in total. The first-order chi connectivity index (χ1) is 17.3. The highest BCUT2D eigenvalue weighted by molar-refractivity contribution is 7.80. The molecule has 182 valence electrons. The number of anilines is 1. The van der Waals surface area contributed by atoms with Crippen LogP contribution in [0.1, 0.15) is 56.2 Å². The summed E-state index contributed by atoms with van der Waals surface area (Å²) in [5.41, 5.74) is 8.38. The van der Waals surface area contributed by atoms with Gasteiger partial charge in [-0.05, 0) is 99.1 Å². The van der Waals surface area contributed by atoms with Gasteiger partial charge in [-0.15, -0.1) is 0 Å². The summed E-state index contributed by atoms with van der Waals surface area (Å²) in [7, 11) is 0. The molecule has 0 unspecified atom stereocenters. The second-order valence-electron chi connectivity index (χ2n) is 9.30. The Labute approximate surface area is 216 Å². The number of carbonyl (C=O) groups is 1.